The second-order valence-electron chi connectivity index (χ2n) is 4.57. The predicted octanol–water partition coefficient (Wildman–Crippen LogP) is 1.72. The van der Waals surface area contributed by atoms with Crippen LogP contribution in [0.15, 0.2) is 18.5 Å². The van der Waals surface area contributed by atoms with Crippen molar-refractivity contribution in [2.75, 3.05) is 6.54 Å². The molecule has 0 saturated heterocycles. The van der Waals surface area contributed by atoms with Crippen LogP contribution in [0.1, 0.15) is 24.4 Å². The summed E-state index contributed by atoms with van der Waals surface area (Å²) in [4.78, 5) is 7.89. The fourth-order valence-electron chi connectivity index (χ4n) is 2.64. The number of nitrogens with one attached hydrogen (secondary N) is 1. The zero-order valence-electron chi connectivity index (χ0n) is 9.95. The Hall–Kier alpha value is -1.55. The Bertz CT molecular complexity index is 496. The Labute approximate surface area is 101 Å². The summed E-state index contributed by atoms with van der Waals surface area (Å²) in [6.45, 7) is 1.77. The van der Waals surface area contributed by atoms with Gasteiger partial charge in [-0.15, -0.1) is 0 Å². The quantitative estimate of drug-likeness (QED) is 0.843. The summed E-state index contributed by atoms with van der Waals surface area (Å²) in [5, 5.41) is 0. The third kappa shape index (κ3) is 1.78. The number of nitrogens with zero attached hydrogens (tertiary/aromatic N) is 2. The van der Waals surface area contributed by atoms with E-state index in [1.807, 2.05) is 12.4 Å². The molecule has 17 heavy (non-hydrogen) atoms. The maximum atomic E-state index is 5.66. The van der Waals surface area contributed by atoms with Gasteiger partial charge in [-0.3, -0.25) is 0 Å². The molecule has 1 aliphatic heterocycles. The van der Waals surface area contributed by atoms with Crippen LogP contribution in [0.5, 0.6) is 0 Å². The summed E-state index contributed by atoms with van der Waals surface area (Å²) in [5.74, 6) is 1.15. The van der Waals surface area contributed by atoms with Crippen LogP contribution in [-0.2, 0) is 19.4 Å². The molecule has 1 aliphatic rings. The van der Waals surface area contributed by atoms with Crippen LogP contribution in [0.25, 0.3) is 11.3 Å². The summed E-state index contributed by atoms with van der Waals surface area (Å²) in [7, 11) is 0. The van der Waals surface area contributed by atoms with Crippen LogP contribution in [0.3, 0.4) is 0 Å². The van der Waals surface area contributed by atoms with Crippen LogP contribution in [0.4, 0.5) is 0 Å². The summed E-state index contributed by atoms with van der Waals surface area (Å²) in [5.41, 5.74) is 9.39. The van der Waals surface area contributed by atoms with Gasteiger partial charge in [-0.25, -0.2) is 4.98 Å². The van der Waals surface area contributed by atoms with Gasteiger partial charge in [0.2, 0.25) is 0 Å². The number of hydrogen-bond donors (Lipinski definition) is 2. The van der Waals surface area contributed by atoms with E-state index in [-0.39, 0.29) is 0 Å². The van der Waals surface area contributed by atoms with Gasteiger partial charge in [0.25, 0.3) is 0 Å². The maximum absolute atomic E-state index is 5.66. The van der Waals surface area contributed by atoms with Gasteiger partial charge in [0.05, 0.1) is 5.69 Å². The average Bonchev–Trinajstić information content (AvgIpc) is 2.97. The monoisotopic (exact) mass is 230 g/mol. The molecule has 2 aromatic heterocycles. The smallest absolute Gasteiger partial charge is 0.110 e. The minimum Gasteiger partial charge on any atom is -0.367 e. The van der Waals surface area contributed by atoms with Crippen molar-refractivity contribution in [3.8, 4) is 11.3 Å². The highest BCUT2D eigenvalue weighted by atomic mass is 15.1. The first-order chi connectivity index (χ1) is 8.40. The molecule has 2 aromatic rings. The minimum absolute atomic E-state index is 0.670. The van der Waals surface area contributed by atoms with Gasteiger partial charge in [-0.05, 0) is 31.9 Å². The number of imidazole rings is 1. The lowest BCUT2D eigenvalue weighted by Crippen LogP contribution is -2.15. The van der Waals surface area contributed by atoms with E-state index in [1.165, 1.54) is 24.1 Å². The van der Waals surface area contributed by atoms with Gasteiger partial charge in [0.1, 0.15) is 5.82 Å². The van der Waals surface area contributed by atoms with Crippen molar-refractivity contribution in [2.24, 2.45) is 5.73 Å². The molecule has 0 bridgehead atoms. The van der Waals surface area contributed by atoms with Crippen LogP contribution < -0.4 is 5.73 Å². The average molecular weight is 230 g/mol. The minimum atomic E-state index is 0.670. The Balaban J connectivity index is 2.09. The second-order valence-corrected chi connectivity index (χ2v) is 4.57. The molecule has 0 spiro atoms. The fraction of sp³-hybridized carbons (Fsp3) is 0.462. The summed E-state index contributed by atoms with van der Waals surface area (Å²) in [6.07, 6.45) is 8.50. The highest BCUT2D eigenvalue weighted by molar-refractivity contribution is 5.62. The fourth-order valence-corrected chi connectivity index (χ4v) is 2.64. The largest absolute Gasteiger partial charge is 0.367 e. The molecule has 0 atom stereocenters. The van der Waals surface area contributed by atoms with Gasteiger partial charge < -0.3 is 15.3 Å². The van der Waals surface area contributed by atoms with Crippen molar-refractivity contribution in [3.63, 3.8) is 0 Å². The summed E-state index contributed by atoms with van der Waals surface area (Å²) < 4.78 is 2.37. The molecule has 0 unspecified atom stereocenters. The Morgan fingerprint density at radius 2 is 2.35 bits per heavy atom. The van der Waals surface area contributed by atoms with E-state index in [0.717, 1.165) is 30.9 Å². The highest BCUT2D eigenvalue weighted by Gasteiger charge is 2.20. The van der Waals surface area contributed by atoms with Crippen molar-refractivity contribution in [2.45, 2.75) is 32.2 Å². The molecule has 0 aromatic carbocycles. The van der Waals surface area contributed by atoms with Gasteiger partial charge >= 0.3 is 0 Å². The number of rotatable bonds is 3. The van der Waals surface area contributed by atoms with Gasteiger partial charge in [-0.1, -0.05) is 0 Å². The first kappa shape index (κ1) is 10.6. The molecule has 0 amide bonds. The standard InChI is InChI=1S/C13H18N4/c14-6-4-12-16-13(10-5-7-15-9-10)11-3-1-2-8-17(11)12/h5,7,9,15H,1-4,6,8,14H2. The molecule has 0 aliphatic carbocycles. The number of aromatic nitrogens is 3. The summed E-state index contributed by atoms with van der Waals surface area (Å²) in [6, 6.07) is 2.09. The highest BCUT2D eigenvalue weighted by Crippen LogP contribution is 2.28. The number of nitrogens with two attached hydrogens (primary N) is 1. The van der Waals surface area contributed by atoms with Gasteiger partial charge in [-0.2, -0.15) is 0 Å². The lowest BCUT2D eigenvalue weighted by molar-refractivity contribution is 0.515. The second kappa shape index (κ2) is 4.37. The van der Waals surface area contributed by atoms with Crippen molar-refractivity contribution in [1.82, 2.24) is 14.5 Å². The molecule has 3 heterocycles. The van der Waals surface area contributed by atoms with E-state index in [4.69, 9.17) is 10.7 Å². The van der Waals surface area contributed by atoms with Crippen molar-refractivity contribution < 1.29 is 0 Å². The lowest BCUT2D eigenvalue weighted by Gasteiger charge is -2.17. The van der Waals surface area contributed by atoms with Crippen LogP contribution in [0, 0.1) is 0 Å². The van der Waals surface area contributed by atoms with Gasteiger partial charge in [0.15, 0.2) is 0 Å². The van der Waals surface area contributed by atoms with Crippen molar-refractivity contribution >= 4 is 0 Å². The molecule has 0 radical (unpaired) electrons. The Morgan fingerprint density at radius 3 is 3.12 bits per heavy atom. The maximum Gasteiger partial charge on any atom is 0.110 e. The molecule has 3 N–H and O–H groups in total. The molecule has 4 nitrogen and oxygen atoms in total. The van der Waals surface area contributed by atoms with E-state index >= 15 is 0 Å². The van der Waals surface area contributed by atoms with Crippen LogP contribution in [0.2, 0.25) is 0 Å². The molecule has 3 rings (SSSR count). The van der Waals surface area contributed by atoms with E-state index in [0.29, 0.717) is 6.54 Å². The van der Waals surface area contributed by atoms with E-state index in [9.17, 15) is 0 Å². The molecule has 0 saturated carbocycles. The summed E-state index contributed by atoms with van der Waals surface area (Å²) >= 11 is 0. The SMILES string of the molecule is NCCc1nc(-c2cc[nH]c2)c2n1CCCC2. The van der Waals surface area contributed by atoms with Crippen molar-refractivity contribution in [1.29, 1.82) is 0 Å². The van der Waals surface area contributed by atoms with E-state index in [2.05, 4.69) is 15.6 Å². The molecular weight excluding hydrogens is 212 g/mol. The third-order valence-electron chi connectivity index (χ3n) is 3.44. The number of fused-ring (bicyclic) bond motifs is 1. The number of aromatic amines is 1. The zero-order valence-corrected chi connectivity index (χ0v) is 9.95. The Morgan fingerprint density at radius 1 is 1.41 bits per heavy atom. The first-order valence-electron chi connectivity index (χ1n) is 6.31. The normalized spacial score (nSPS) is 14.9. The molecule has 90 valence electrons. The van der Waals surface area contributed by atoms with Crippen LogP contribution >= 0.6 is 0 Å². The van der Waals surface area contributed by atoms with Gasteiger partial charge in [0, 0.05) is 36.6 Å². The molecule has 4 heteroatoms. The molecule has 0 fully saturated rings. The molecular formula is C13H18N4. The topological polar surface area (TPSA) is 59.6 Å². The first-order valence-corrected chi connectivity index (χ1v) is 6.31. The Kier molecular flexibility index (Phi) is 2.73. The number of hydrogen-bond acceptors (Lipinski definition) is 2. The van der Waals surface area contributed by atoms with Crippen molar-refractivity contribution in [3.05, 3.63) is 30.0 Å². The number of H-pyrrole nitrogens is 1. The lowest BCUT2D eigenvalue weighted by atomic mass is 10.1. The zero-order chi connectivity index (χ0) is 11.7. The van der Waals surface area contributed by atoms with E-state index < -0.39 is 0 Å². The third-order valence-corrected chi connectivity index (χ3v) is 3.44. The van der Waals surface area contributed by atoms with Crippen LogP contribution in [-0.4, -0.2) is 21.1 Å². The van der Waals surface area contributed by atoms with E-state index in [1.54, 1.807) is 0 Å². The predicted molar refractivity (Wildman–Crippen MR) is 67.7 cm³/mol.